The first-order chi connectivity index (χ1) is 10.3. The molecule has 1 aromatic heterocycles. The quantitative estimate of drug-likeness (QED) is 0.755. The van der Waals surface area contributed by atoms with Crippen molar-refractivity contribution in [3.8, 4) is 0 Å². The zero-order valence-corrected chi connectivity index (χ0v) is 12.0. The zero-order chi connectivity index (χ0) is 14.9. The Labute approximate surface area is 125 Å². The largest absolute Gasteiger partial charge is 0.395 e. The van der Waals surface area contributed by atoms with Gasteiger partial charge >= 0.3 is 0 Å². The van der Waals surface area contributed by atoms with Gasteiger partial charge in [0.2, 0.25) is 0 Å². The molecule has 0 radical (unpaired) electrons. The van der Waals surface area contributed by atoms with Crippen molar-refractivity contribution in [1.82, 2.24) is 9.88 Å². The molecule has 0 amide bonds. The maximum atomic E-state index is 12.1. The highest BCUT2D eigenvalue weighted by atomic mass is 16.3. The van der Waals surface area contributed by atoms with Gasteiger partial charge in [0.05, 0.1) is 6.61 Å². The van der Waals surface area contributed by atoms with E-state index in [0.717, 1.165) is 6.54 Å². The van der Waals surface area contributed by atoms with E-state index < -0.39 is 0 Å². The van der Waals surface area contributed by atoms with Gasteiger partial charge in [0.15, 0.2) is 5.78 Å². The van der Waals surface area contributed by atoms with Gasteiger partial charge in [0.1, 0.15) is 0 Å². The van der Waals surface area contributed by atoms with Crippen molar-refractivity contribution < 1.29 is 9.90 Å². The predicted octanol–water partition coefficient (Wildman–Crippen LogP) is 2.15. The summed E-state index contributed by atoms with van der Waals surface area (Å²) in [6, 6.07) is 13.5. The Morgan fingerprint density at radius 1 is 1.05 bits per heavy atom. The van der Waals surface area contributed by atoms with E-state index in [1.54, 1.807) is 24.5 Å². The number of aromatic nitrogens is 1. The molecule has 0 spiro atoms. The first-order valence-electron chi connectivity index (χ1n) is 7.10. The molecule has 21 heavy (non-hydrogen) atoms. The van der Waals surface area contributed by atoms with Crippen LogP contribution in [0.2, 0.25) is 0 Å². The van der Waals surface area contributed by atoms with Gasteiger partial charge in [-0.15, -0.1) is 0 Å². The van der Waals surface area contributed by atoms with Crippen molar-refractivity contribution in [2.24, 2.45) is 0 Å². The fourth-order valence-corrected chi connectivity index (χ4v) is 2.19. The van der Waals surface area contributed by atoms with E-state index in [4.69, 9.17) is 5.11 Å². The number of carbonyl (C=O) groups is 1. The Bertz CT molecular complexity index is 543. The van der Waals surface area contributed by atoms with Gasteiger partial charge in [0.25, 0.3) is 0 Å². The second-order valence-corrected chi connectivity index (χ2v) is 4.89. The van der Waals surface area contributed by atoms with E-state index in [1.807, 2.05) is 18.2 Å². The molecule has 0 aliphatic heterocycles. The number of carbonyl (C=O) groups excluding carboxylic acids is 1. The van der Waals surface area contributed by atoms with Crippen molar-refractivity contribution in [3.63, 3.8) is 0 Å². The normalized spacial score (nSPS) is 10.8. The summed E-state index contributed by atoms with van der Waals surface area (Å²) in [4.78, 5) is 18.1. The lowest BCUT2D eigenvalue weighted by atomic mass is 10.1. The molecule has 2 aromatic rings. The number of hydrogen-bond donors (Lipinski definition) is 1. The number of benzene rings is 1. The van der Waals surface area contributed by atoms with Crippen molar-refractivity contribution in [3.05, 3.63) is 66.0 Å². The summed E-state index contributed by atoms with van der Waals surface area (Å²) >= 11 is 0. The van der Waals surface area contributed by atoms with E-state index >= 15 is 0 Å². The number of ketones is 1. The lowest BCUT2D eigenvalue weighted by molar-refractivity contribution is 0.0954. The van der Waals surface area contributed by atoms with Crippen molar-refractivity contribution >= 4 is 5.78 Å². The molecule has 0 atom stereocenters. The van der Waals surface area contributed by atoms with Crippen LogP contribution in [-0.2, 0) is 6.54 Å². The number of aliphatic hydroxyl groups is 1. The molecule has 2 rings (SSSR count). The Morgan fingerprint density at radius 2 is 1.76 bits per heavy atom. The van der Waals surface area contributed by atoms with Crippen LogP contribution in [-0.4, -0.2) is 40.5 Å². The fraction of sp³-hybridized carbons (Fsp3) is 0.294. The van der Waals surface area contributed by atoms with Crippen LogP contribution in [0.1, 0.15) is 22.3 Å². The van der Waals surface area contributed by atoms with Gasteiger partial charge in [-0.2, -0.15) is 0 Å². The van der Waals surface area contributed by atoms with Gasteiger partial charge < -0.3 is 5.11 Å². The minimum atomic E-state index is 0.0935. The third kappa shape index (κ3) is 5.10. The molecular formula is C17H20N2O2. The maximum absolute atomic E-state index is 12.1. The average molecular weight is 284 g/mol. The van der Waals surface area contributed by atoms with Crippen molar-refractivity contribution in [1.29, 1.82) is 0 Å². The van der Waals surface area contributed by atoms with Gasteiger partial charge in [0, 0.05) is 44.0 Å². The maximum Gasteiger partial charge on any atom is 0.164 e. The van der Waals surface area contributed by atoms with Gasteiger partial charge in [-0.25, -0.2) is 0 Å². The van der Waals surface area contributed by atoms with Gasteiger partial charge in [-0.3, -0.25) is 14.7 Å². The van der Waals surface area contributed by atoms with E-state index in [1.165, 1.54) is 5.56 Å². The highest BCUT2D eigenvalue weighted by Gasteiger charge is 2.10. The molecule has 0 bridgehead atoms. The zero-order valence-electron chi connectivity index (χ0n) is 12.0. The van der Waals surface area contributed by atoms with Crippen molar-refractivity contribution in [2.45, 2.75) is 13.0 Å². The lowest BCUT2D eigenvalue weighted by Crippen LogP contribution is -2.29. The molecule has 0 fully saturated rings. The van der Waals surface area contributed by atoms with Crippen LogP contribution in [0, 0.1) is 0 Å². The van der Waals surface area contributed by atoms with Crippen LogP contribution in [0.3, 0.4) is 0 Å². The van der Waals surface area contributed by atoms with E-state index in [-0.39, 0.29) is 12.4 Å². The fourth-order valence-electron chi connectivity index (χ4n) is 2.19. The summed E-state index contributed by atoms with van der Waals surface area (Å²) < 4.78 is 0. The minimum absolute atomic E-state index is 0.0935. The average Bonchev–Trinajstić information content (AvgIpc) is 2.54. The topological polar surface area (TPSA) is 53.4 Å². The summed E-state index contributed by atoms with van der Waals surface area (Å²) in [5.74, 6) is 0.105. The number of pyridine rings is 1. The second-order valence-electron chi connectivity index (χ2n) is 4.89. The summed E-state index contributed by atoms with van der Waals surface area (Å²) in [6.07, 6.45) is 3.70. The van der Waals surface area contributed by atoms with E-state index in [0.29, 0.717) is 25.1 Å². The number of hydrogen-bond acceptors (Lipinski definition) is 4. The van der Waals surface area contributed by atoms with E-state index in [9.17, 15) is 4.79 Å². The van der Waals surface area contributed by atoms with Crippen LogP contribution < -0.4 is 0 Å². The molecule has 4 heteroatoms. The molecular weight excluding hydrogens is 264 g/mol. The SMILES string of the molecule is O=C(CCN(CCO)Cc1ccccc1)c1ccncc1. The smallest absolute Gasteiger partial charge is 0.164 e. The Morgan fingerprint density at radius 3 is 2.43 bits per heavy atom. The predicted molar refractivity (Wildman–Crippen MR) is 82.0 cm³/mol. The molecule has 0 aliphatic rings. The molecule has 1 N–H and O–H groups in total. The molecule has 0 unspecified atom stereocenters. The summed E-state index contributed by atoms with van der Waals surface area (Å²) in [5, 5.41) is 9.16. The second kappa shape index (κ2) is 8.29. The van der Waals surface area contributed by atoms with E-state index in [2.05, 4.69) is 22.0 Å². The highest BCUT2D eigenvalue weighted by molar-refractivity contribution is 5.95. The third-order valence-corrected chi connectivity index (χ3v) is 3.32. The summed E-state index contributed by atoms with van der Waals surface area (Å²) in [5.41, 5.74) is 1.87. The summed E-state index contributed by atoms with van der Waals surface area (Å²) in [7, 11) is 0. The molecule has 1 aromatic carbocycles. The molecule has 0 aliphatic carbocycles. The first kappa shape index (κ1) is 15.4. The van der Waals surface area contributed by atoms with Crippen LogP contribution >= 0.6 is 0 Å². The Hall–Kier alpha value is -2.04. The molecule has 4 nitrogen and oxygen atoms in total. The monoisotopic (exact) mass is 284 g/mol. The van der Waals surface area contributed by atoms with Gasteiger partial charge in [-0.1, -0.05) is 30.3 Å². The number of Topliss-reactive ketones (excluding diaryl/α,β-unsaturated/α-hetero) is 1. The molecule has 110 valence electrons. The van der Waals surface area contributed by atoms with Crippen LogP contribution in [0.4, 0.5) is 0 Å². The van der Waals surface area contributed by atoms with Crippen molar-refractivity contribution in [2.75, 3.05) is 19.7 Å². The van der Waals surface area contributed by atoms with Crippen LogP contribution in [0.25, 0.3) is 0 Å². The number of rotatable bonds is 8. The molecule has 1 heterocycles. The first-order valence-corrected chi connectivity index (χ1v) is 7.10. The number of aliphatic hydroxyl groups excluding tert-OH is 1. The highest BCUT2D eigenvalue weighted by Crippen LogP contribution is 2.07. The lowest BCUT2D eigenvalue weighted by Gasteiger charge is -2.21. The molecule has 0 saturated heterocycles. The minimum Gasteiger partial charge on any atom is -0.395 e. The molecule has 0 saturated carbocycles. The number of nitrogens with zero attached hydrogens (tertiary/aromatic N) is 2. The van der Waals surface area contributed by atoms with Crippen LogP contribution in [0.15, 0.2) is 54.9 Å². The summed E-state index contributed by atoms with van der Waals surface area (Å²) in [6.45, 7) is 2.04. The standard InChI is InChI=1S/C17H20N2O2/c20-13-12-19(14-15-4-2-1-3-5-15)11-8-17(21)16-6-9-18-10-7-16/h1-7,9-10,20H,8,11-14H2. The third-order valence-electron chi connectivity index (χ3n) is 3.32. The Kier molecular flexibility index (Phi) is 6.06. The van der Waals surface area contributed by atoms with Gasteiger partial charge in [-0.05, 0) is 17.7 Å². The van der Waals surface area contributed by atoms with Crippen LogP contribution in [0.5, 0.6) is 0 Å². The Balaban J connectivity index is 1.89.